The Kier molecular flexibility index (Phi) is 3.55. The molecule has 0 radical (unpaired) electrons. The highest BCUT2D eigenvalue weighted by Crippen LogP contribution is 2.48. The van der Waals surface area contributed by atoms with Crippen molar-refractivity contribution in [3.05, 3.63) is 58.6 Å². The van der Waals surface area contributed by atoms with Crippen LogP contribution in [0.4, 0.5) is 0 Å². The van der Waals surface area contributed by atoms with E-state index < -0.39 is 0 Å². The van der Waals surface area contributed by atoms with Gasteiger partial charge in [-0.25, -0.2) is 4.79 Å². The van der Waals surface area contributed by atoms with Gasteiger partial charge in [0, 0.05) is 10.4 Å². The molecule has 1 aromatic carbocycles. The average Bonchev–Trinajstić information content (AvgIpc) is 2.45. The predicted molar refractivity (Wildman–Crippen MR) is 82.5 cm³/mol. The number of ether oxygens (including phenoxy) is 1. The van der Waals surface area contributed by atoms with E-state index in [9.17, 15) is 4.79 Å². The molecule has 0 unspecified atom stereocenters. The summed E-state index contributed by atoms with van der Waals surface area (Å²) < 4.78 is 6.67. The second-order valence-corrected chi connectivity index (χ2v) is 6.53. The number of benzene rings is 1. The first kappa shape index (κ1) is 13.6. The molecule has 4 rings (SSSR count). The lowest BCUT2D eigenvalue weighted by atomic mass is 9.64. The van der Waals surface area contributed by atoms with Crippen molar-refractivity contribution < 1.29 is 9.53 Å². The third-order valence-corrected chi connectivity index (χ3v) is 5.01. The highest BCUT2D eigenvalue weighted by Gasteiger charge is 2.42. The first-order chi connectivity index (χ1) is 9.56. The van der Waals surface area contributed by atoms with E-state index in [-0.39, 0.29) is 18.0 Å². The van der Waals surface area contributed by atoms with E-state index in [4.69, 9.17) is 4.74 Å². The normalized spacial score (nSPS) is 28.6. The fourth-order valence-electron chi connectivity index (χ4n) is 3.27. The summed E-state index contributed by atoms with van der Waals surface area (Å²) >= 11 is 3.36. The zero-order valence-electron chi connectivity index (χ0n) is 11.3. The zero-order valence-corrected chi connectivity index (χ0v) is 12.9. The molecular formula is C17H17BrO2. The second kappa shape index (κ2) is 5.21. The largest absolute Gasteiger partial charge is 0.458 e. The average molecular weight is 333 g/mol. The molecule has 3 aliphatic carbocycles. The van der Waals surface area contributed by atoms with Gasteiger partial charge in [-0.05, 0) is 60.6 Å². The summed E-state index contributed by atoms with van der Waals surface area (Å²) in [6.07, 6.45) is 3.06. The summed E-state index contributed by atoms with van der Waals surface area (Å²) in [7, 11) is 0. The van der Waals surface area contributed by atoms with Crippen molar-refractivity contribution in [3.8, 4) is 0 Å². The number of carbonyl (C=O) groups excluding carboxylic acids is 1. The first-order valence-corrected chi connectivity index (χ1v) is 7.70. The van der Waals surface area contributed by atoms with E-state index in [0.717, 1.165) is 34.9 Å². The van der Waals surface area contributed by atoms with E-state index in [2.05, 4.69) is 29.1 Å². The molecule has 0 N–H and O–H groups in total. The third-order valence-electron chi connectivity index (χ3n) is 4.48. The van der Waals surface area contributed by atoms with Crippen LogP contribution in [0.1, 0.15) is 29.6 Å². The molecule has 0 aliphatic heterocycles. The topological polar surface area (TPSA) is 26.3 Å². The molecule has 0 aromatic heterocycles. The van der Waals surface area contributed by atoms with Gasteiger partial charge in [0.05, 0.1) is 5.56 Å². The maximum atomic E-state index is 12.2. The fourth-order valence-corrected chi connectivity index (χ4v) is 3.53. The number of fused-ring (bicyclic) bond motifs is 3. The molecule has 3 atom stereocenters. The lowest BCUT2D eigenvalue weighted by Gasteiger charge is -2.44. The third kappa shape index (κ3) is 2.35. The lowest BCUT2D eigenvalue weighted by molar-refractivity contribution is -0.00428. The van der Waals surface area contributed by atoms with Crippen molar-refractivity contribution in [2.75, 3.05) is 0 Å². The maximum Gasteiger partial charge on any atom is 0.338 e. The molecule has 3 saturated carbocycles. The molecule has 3 fully saturated rings. The molecule has 3 heteroatoms. The van der Waals surface area contributed by atoms with Crippen LogP contribution in [-0.2, 0) is 4.74 Å². The Morgan fingerprint density at radius 3 is 2.50 bits per heavy atom. The van der Waals surface area contributed by atoms with Crippen molar-refractivity contribution in [2.45, 2.75) is 25.4 Å². The fraction of sp³-hybridized carbons (Fsp3) is 0.353. The number of carbonyl (C=O) groups is 1. The molecule has 3 aliphatic rings. The van der Waals surface area contributed by atoms with Gasteiger partial charge >= 0.3 is 5.97 Å². The Labute approximate surface area is 127 Å². The molecule has 0 spiro atoms. The quantitative estimate of drug-likeness (QED) is 0.744. The summed E-state index contributed by atoms with van der Waals surface area (Å²) in [5.41, 5.74) is 2.84. The summed E-state index contributed by atoms with van der Waals surface area (Å²) in [6.45, 7) is 8.24. The number of halogens is 1. The summed E-state index contributed by atoms with van der Waals surface area (Å²) in [6, 6.07) is 7.26. The van der Waals surface area contributed by atoms with Crippen molar-refractivity contribution in [1.29, 1.82) is 0 Å². The zero-order chi connectivity index (χ0) is 14.3. The van der Waals surface area contributed by atoms with Crippen LogP contribution in [0.2, 0.25) is 0 Å². The number of hydrogen-bond donors (Lipinski definition) is 0. The Morgan fingerprint density at radius 1 is 1.15 bits per heavy atom. The second-order valence-electron chi connectivity index (χ2n) is 5.62. The van der Waals surface area contributed by atoms with E-state index >= 15 is 0 Å². The lowest BCUT2D eigenvalue weighted by Crippen LogP contribution is -2.40. The van der Waals surface area contributed by atoms with Crippen LogP contribution in [0.5, 0.6) is 0 Å². The molecule has 104 valence electrons. The molecule has 1 aromatic rings. The Balaban J connectivity index is 1.72. The van der Waals surface area contributed by atoms with Crippen LogP contribution in [0.15, 0.2) is 53.0 Å². The van der Waals surface area contributed by atoms with Gasteiger partial charge in [0.1, 0.15) is 6.10 Å². The molecule has 20 heavy (non-hydrogen) atoms. The van der Waals surface area contributed by atoms with Gasteiger partial charge in [-0.1, -0.05) is 29.1 Å². The van der Waals surface area contributed by atoms with Crippen LogP contribution in [0.25, 0.3) is 0 Å². The van der Waals surface area contributed by atoms with E-state index in [0.29, 0.717) is 11.5 Å². The van der Waals surface area contributed by atoms with Crippen molar-refractivity contribution in [3.63, 3.8) is 0 Å². The highest BCUT2D eigenvalue weighted by atomic mass is 79.9. The smallest absolute Gasteiger partial charge is 0.338 e. The Hall–Kier alpha value is -1.35. The standard InChI is InChI=1S/C17H17BrO2/c1-10-11(2)15-8-5-13(10)9-16(15)20-17(19)12-3-6-14(18)7-4-12/h3-4,6-7,13,15-16H,1-2,5,8-9H2/t13-,15-,16-/m0/s1. The van der Waals surface area contributed by atoms with Crippen LogP contribution in [0, 0.1) is 11.8 Å². The van der Waals surface area contributed by atoms with Gasteiger partial charge in [0.2, 0.25) is 0 Å². The minimum atomic E-state index is -0.242. The SMILES string of the molecule is C=C1C(=C)[C@@H]2CC[C@H]1C[C@@H]2OC(=O)c1ccc(Br)cc1. The predicted octanol–water partition coefficient (Wildman–Crippen LogP) is 4.52. The van der Waals surface area contributed by atoms with Crippen LogP contribution in [-0.4, -0.2) is 12.1 Å². The van der Waals surface area contributed by atoms with Crippen LogP contribution < -0.4 is 0 Å². The number of esters is 1. The monoisotopic (exact) mass is 332 g/mol. The van der Waals surface area contributed by atoms with E-state index in [1.807, 2.05) is 12.1 Å². The van der Waals surface area contributed by atoms with Gasteiger partial charge in [-0.2, -0.15) is 0 Å². The van der Waals surface area contributed by atoms with Crippen molar-refractivity contribution in [2.24, 2.45) is 11.8 Å². The van der Waals surface area contributed by atoms with Crippen molar-refractivity contribution >= 4 is 21.9 Å². The van der Waals surface area contributed by atoms with E-state index in [1.165, 1.54) is 0 Å². The van der Waals surface area contributed by atoms with Gasteiger partial charge in [-0.3, -0.25) is 0 Å². The Bertz CT molecular complexity index is 573. The molecule has 2 nitrogen and oxygen atoms in total. The number of allylic oxidation sites excluding steroid dienone is 1. The highest BCUT2D eigenvalue weighted by molar-refractivity contribution is 9.10. The minimum absolute atomic E-state index is 0.0390. The molecule has 0 amide bonds. The van der Waals surface area contributed by atoms with Crippen molar-refractivity contribution in [1.82, 2.24) is 0 Å². The summed E-state index contributed by atoms with van der Waals surface area (Å²) in [5.74, 6) is 0.454. The maximum absolute atomic E-state index is 12.2. The number of rotatable bonds is 2. The Morgan fingerprint density at radius 2 is 1.85 bits per heavy atom. The molecular weight excluding hydrogens is 316 g/mol. The van der Waals surface area contributed by atoms with Crippen LogP contribution >= 0.6 is 15.9 Å². The molecule has 0 saturated heterocycles. The molecule has 0 heterocycles. The molecule has 2 bridgehead atoms. The summed E-state index contributed by atoms with van der Waals surface area (Å²) in [5, 5.41) is 0. The first-order valence-electron chi connectivity index (χ1n) is 6.91. The van der Waals surface area contributed by atoms with Gasteiger partial charge in [-0.15, -0.1) is 0 Å². The van der Waals surface area contributed by atoms with Gasteiger partial charge in [0.15, 0.2) is 0 Å². The minimum Gasteiger partial charge on any atom is -0.458 e. The number of hydrogen-bond acceptors (Lipinski definition) is 2. The van der Waals surface area contributed by atoms with E-state index in [1.54, 1.807) is 12.1 Å². The summed E-state index contributed by atoms with van der Waals surface area (Å²) in [4.78, 5) is 12.2. The van der Waals surface area contributed by atoms with Gasteiger partial charge in [0.25, 0.3) is 0 Å². The van der Waals surface area contributed by atoms with Crippen LogP contribution in [0.3, 0.4) is 0 Å². The van der Waals surface area contributed by atoms with Gasteiger partial charge < -0.3 is 4.74 Å².